The zero-order valence-electron chi connectivity index (χ0n) is 29.7. The van der Waals surface area contributed by atoms with E-state index in [1.165, 1.54) is 43.4 Å². The Bertz CT molecular complexity index is 3000. The van der Waals surface area contributed by atoms with E-state index in [1.807, 2.05) is 36.4 Å². The van der Waals surface area contributed by atoms with Crippen LogP contribution in [0.25, 0.3) is 99.9 Å². The number of fused-ring (bicyclic) bond motifs is 6. The average molecular weight is 766 g/mol. The van der Waals surface area contributed by atoms with Crippen molar-refractivity contribution in [1.29, 1.82) is 0 Å². The second kappa shape index (κ2) is 13.9. The van der Waals surface area contributed by atoms with Gasteiger partial charge in [-0.3, -0.25) is 0 Å². The van der Waals surface area contributed by atoms with Gasteiger partial charge in [0.2, 0.25) is 0 Å². The van der Waals surface area contributed by atoms with E-state index in [2.05, 4.69) is 174 Å². The molecule has 0 bridgehead atoms. The Labute approximate surface area is 327 Å². The van der Waals surface area contributed by atoms with Gasteiger partial charge in [-0.05, 0) is 0 Å². The van der Waals surface area contributed by atoms with E-state index in [1.54, 1.807) is 0 Å². The molecule has 0 fully saturated rings. The quantitative estimate of drug-likeness (QED) is 0.125. The van der Waals surface area contributed by atoms with E-state index in [4.69, 9.17) is 15.0 Å². The van der Waals surface area contributed by atoms with Crippen molar-refractivity contribution >= 4 is 52.8 Å². The van der Waals surface area contributed by atoms with Crippen LogP contribution in [0.4, 0.5) is 0 Å². The third-order valence-corrected chi connectivity index (χ3v) is 11.3. The molecule has 0 spiro atoms. The van der Waals surface area contributed by atoms with Crippen LogP contribution in [0.5, 0.6) is 0 Å². The van der Waals surface area contributed by atoms with Crippen molar-refractivity contribution in [3.63, 3.8) is 0 Å². The molecule has 0 aliphatic carbocycles. The van der Waals surface area contributed by atoms with Crippen molar-refractivity contribution in [2.24, 2.45) is 0 Å². The fourth-order valence-electron chi connectivity index (χ4n) is 7.68. The van der Waals surface area contributed by atoms with Crippen molar-refractivity contribution < 1.29 is 0 Å². The molecule has 257 valence electrons. The number of hydrogen-bond donors (Lipinski definition) is 0. The SMILES string of the molecule is [Se]c1c(-c2cccc(-c3ccc4c5ccccc5c5ccccc5c4c3)c2)cccc1-c1nc(-c2ccccc2)nc(-c2ccc(-c3ccccc3)cc2)n1. The zero-order valence-corrected chi connectivity index (χ0v) is 31.4. The first-order valence-corrected chi connectivity index (χ1v) is 19.3. The summed E-state index contributed by atoms with van der Waals surface area (Å²) in [5, 5.41) is 7.64. The van der Waals surface area contributed by atoms with Crippen LogP contribution in [0, 0.1) is 0 Å². The first-order valence-electron chi connectivity index (χ1n) is 18.4. The van der Waals surface area contributed by atoms with Gasteiger partial charge in [0.05, 0.1) is 0 Å². The van der Waals surface area contributed by atoms with Crippen molar-refractivity contribution in [2.75, 3.05) is 0 Å². The first kappa shape index (κ1) is 32.9. The molecule has 0 N–H and O–H groups in total. The van der Waals surface area contributed by atoms with Gasteiger partial charge in [-0.15, -0.1) is 0 Å². The molecule has 3 nitrogen and oxygen atoms in total. The molecule has 0 aliphatic rings. The molecule has 0 unspecified atom stereocenters. The molecule has 0 saturated carbocycles. The molecular formula is C51H32N3Se. The number of rotatable bonds is 6. The van der Waals surface area contributed by atoms with E-state index in [9.17, 15) is 0 Å². The summed E-state index contributed by atoms with van der Waals surface area (Å²) in [6.45, 7) is 0. The fourth-order valence-corrected chi connectivity index (χ4v) is 8.40. The second-order valence-corrected chi connectivity index (χ2v) is 14.6. The molecule has 0 atom stereocenters. The monoisotopic (exact) mass is 766 g/mol. The molecule has 0 saturated heterocycles. The molecule has 0 amide bonds. The number of hydrogen-bond acceptors (Lipinski definition) is 3. The number of benzene rings is 9. The van der Waals surface area contributed by atoms with Crippen molar-refractivity contribution in [3.05, 3.63) is 194 Å². The van der Waals surface area contributed by atoms with Crippen LogP contribution in [-0.4, -0.2) is 31.0 Å². The van der Waals surface area contributed by atoms with Gasteiger partial charge in [0.15, 0.2) is 0 Å². The third-order valence-electron chi connectivity index (χ3n) is 10.4. The van der Waals surface area contributed by atoms with Crippen LogP contribution in [0.15, 0.2) is 194 Å². The van der Waals surface area contributed by atoms with Gasteiger partial charge in [0.25, 0.3) is 0 Å². The zero-order chi connectivity index (χ0) is 36.7. The molecule has 1 aromatic heterocycles. The van der Waals surface area contributed by atoms with Crippen molar-refractivity contribution in [3.8, 4) is 67.5 Å². The second-order valence-electron chi connectivity index (χ2n) is 13.7. The van der Waals surface area contributed by atoms with Crippen LogP contribution in [-0.2, 0) is 0 Å². The number of aromatic nitrogens is 3. The Kier molecular flexibility index (Phi) is 8.33. The molecule has 4 heteroatoms. The van der Waals surface area contributed by atoms with Crippen LogP contribution in [0.2, 0.25) is 0 Å². The van der Waals surface area contributed by atoms with Crippen LogP contribution >= 0.6 is 0 Å². The summed E-state index contributed by atoms with van der Waals surface area (Å²) in [6.07, 6.45) is 0. The Morgan fingerprint density at radius 3 is 1.31 bits per heavy atom. The summed E-state index contributed by atoms with van der Waals surface area (Å²) < 4.78 is 0.992. The van der Waals surface area contributed by atoms with E-state index in [-0.39, 0.29) is 0 Å². The fraction of sp³-hybridized carbons (Fsp3) is 0. The van der Waals surface area contributed by atoms with Crippen LogP contribution in [0.3, 0.4) is 0 Å². The Morgan fingerprint density at radius 1 is 0.255 bits per heavy atom. The van der Waals surface area contributed by atoms with Crippen LogP contribution < -0.4 is 4.46 Å². The normalized spacial score (nSPS) is 11.3. The van der Waals surface area contributed by atoms with Crippen molar-refractivity contribution in [1.82, 2.24) is 15.0 Å². The minimum absolute atomic E-state index is 0.622. The summed E-state index contributed by atoms with van der Waals surface area (Å²) in [7, 11) is 0. The van der Waals surface area contributed by atoms with Gasteiger partial charge in [-0.25, -0.2) is 0 Å². The van der Waals surface area contributed by atoms with Gasteiger partial charge < -0.3 is 0 Å². The summed E-state index contributed by atoms with van der Waals surface area (Å²) in [5.74, 6) is 1.89. The summed E-state index contributed by atoms with van der Waals surface area (Å²) >= 11 is 3.40. The van der Waals surface area contributed by atoms with E-state index in [0.29, 0.717) is 17.5 Å². The molecule has 9 aromatic carbocycles. The van der Waals surface area contributed by atoms with Crippen LogP contribution in [0.1, 0.15) is 0 Å². The van der Waals surface area contributed by atoms with E-state index < -0.39 is 0 Å². The molecule has 55 heavy (non-hydrogen) atoms. The van der Waals surface area contributed by atoms with Gasteiger partial charge in [-0.1, -0.05) is 12.1 Å². The summed E-state index contributed by atoms with van der Waals surface area (Å²) in [6, 6.07) is 68.4. The van der Waals surface area contributed by atoms with Gasteiger partial charge in [0.1, 0.15) is 0 Å². The third kappa shape index (κ3) is 6.08. The summed E-state index contributed by atoms with van der Waals surface area (Å²) in [4.78, 5) is 15.1. The predicted octanol–water partition coefficient (Wildman–Crippen LogP) is 12.1. The molecular weight excluding hydrogens is 734 g/mol. The average Bonchev–Trinajstić information content (AvgIpc) is 3.27. The summed E-state index contributed by atoms with van der Waals surface area (Å²) in [5.41, 5.74) is 9.66. The maximum atomic E-state index is 5.10. The Balaban J connectivity index is 1.06. The first-order chi connectivity index (χ1) is 27.2. The Morgan fingerprint density at radius 2 is 0.655 bits per heavy atom. The minimum atomic E-state index is 0.622. The topological polar surface area (TPSA) is 38.7 Å². The molecule has 1 heterocycles. The predicted molar refractivity (Wildman–Crippen MR) is 230 cm³/mol. The van der Waals surface area contributed by atoms with Gasteiger partial charge >= 0.3 is 317 Å². The Hall–Kier alpha value is -6.71. The molecule has 0 aliphatic heterocycles. The van der Waals surface area contributed by atoms with Crippen molar-refractivity contribution in [2.45, 2.75) is 0 Å². The van der Waals surface area contributed by atoms with E-state index in [0.717, 1.165) is 43.4 Å². The maximum absolute atomic E-state index is 5.10. The molecule has 10 aromatic rings. The van der Waals surface area contributed by atoms with E-state index >= 15 is 0 Å². The number of nitrogens with zero attached hydrogens (tertiary/aromatic N) is 3. The molecule has 10 rings (SSSR count). The van der Waals surface area contributed by atoms with Gasteiger partial charge in [-0.2, -0.15) is 0 Å². The molecule has 1 radical (unpaired) electrons. The standard InChI is InChI=1S/C51H32N3Se/c55-48-40(39-18-11-17-37(31-39)38-29-30-45-43-21-8-7-19-41(43)42-20-9-10-22-44(42)47(45)32-38)23-12-24-46(48)51-53-49(35-15-5-2-6-16-35)52-50(54-51)36-27-25-34(26-28-36)33-13-3-1-4-14-33/h1-32H. The van der Waals surface area contributed by atoms with Gasteiger partial charge in [0, 0.05) is 0 Å².